The highest BCUT2D eigenvalue weighted by Gasteiger charge is 2.24. The molecule has 3 rings (SSSR count). The molecular formula is C18H25N3O3S2. The number of hydrogen-bond donors (Lipinski definition) is 1. The van der Waals surface area contributed by atoms with E-state index in [0.717, 1.165) is 35.9 Å². The number of thiophene rings is 1. The van der Waals surface area contributed by atoms with Gasteiger partial charge in [0.05, 0.1) is 10.6 Å². The standard InChI is InChI=1S/C18H25N3O3S2/c1-4-19-15(22)11(2)25-18-20-16-14(12-7-5-8-13(12)26-16)17(23)21(18)9-6-10-24-3/h11H,4-10H2,1-3H3,(H,19,22)/t11-/m1/s1. The highest BCUT2D eigenvalue weighted by atomic mass is 32.2. The molecule has 0 spiro atoms. The molecule has 0 fully saturated rings. The molecule has 0 aliphatic heterocycles. The zero-order valence-corrected chi connectivity index (χ0v) is 17.1. The number of amides is 1. The zero-order chi connectivity index (χ0) is 18.7. The van der Waals surface area contributed by atoms with Gasteiger partial charge in [-0.25, -0.2) is 4.98 Å². The van der Waals surface area contributed by atoms with Crippen molar-refractivity contribution in [3.8, 4) is 0 Å². The Balaban J connectivity index is 2.01. The number of fused-ring (bicyclic) bond motifs is 3. The fourth-order valence-corrected chi connectivity index (χ4v) is 5.50. The summed E-state index contributed by atoms with van der Waals surface area (Å²) in [5, 5.41) is 3.93. The van der Waals surface area contributed by atoms with Crippen LogP contribution in [-0.4, -0.2) is 41.0 Å². The molecule has 2 aromatic heterocycles. The fourth-order valence-electron chi connectivity index (χ4n) is 3.24. The third-order valence-electron chi connectivity index (χ3n) is 4.52. The van der Waals surface area contributed by atoms with E-state index in [0.29, 0.717) is 24.9 Å². The van der Waals surface area contributed by atoms with Crippen molar-refractivity contribution in [3.05, 3.63) is 20.8 Å². The van der Waals surface area contributed by atoms with E-state index in [9.17, 15) is 9.59 Å². The lowest BCUT2D eigenvalue weighted by molar-refractivity contribution is -0.120. The Hall–Kier alpha value is -1.38. The lowest BCUT2D eigenvalue weighted by atomic mass is 10.2. The van der Waals surface area contributed by atoms with Crippen molar-refractivity contribution in [3.63, 3.8) is 0 Å². The van der Waals surface area contributed by atoms with Crippen molar-refractivity contribution >= 4 is 39.2 Å². The first kappa shape index (κ1) is 19.4. The molecule has 1 N–H and O–H groups in total. The summed E-state index contributed by atoms with van der Waals surface area (Å²) in [6, 6.07) is 0. The maximum Gasteiger partial charge on any atom is 0.263 e. The van der Waals surface area contributed by atoms with Crippen LogP contribution in [0.5, 0.6) is 0 Å². The number of aromatic nitrogens is 2. The van der Waals surface area contributed by atoms with Crippen LogP contribution in [0.1, 0.15) is 37.1 Å². The molecule has 142 valence electrons. The van der Waals surface area contributed by atoms with Crippen molar-refractivity contribution < 1.29 is 9.53 Å². The van der Waals surface area contributed by atoms with Gasteiger partial charge in [0.25, 0.3) is 5.56 Å². The van der Waals surface area contributed by atoms with Crippen LogP contribution in [-0.2, 0) is 28.9 Å². The molecule has 1 aliphatic carbocycles. The van der Waals surface area contributed by atoms with Crippen molar-refractivity contribution in [2.45, 2.75) is 56.5 Å². The van der Waals surface area contributed by atoms with Crippen LogP contribution in [0, 0.1) is 0 Å². The van der Waals surface area contributed by atoms with Crippen molar-refractivity contribution in [1.82, 2.24) is 14.9 Å². The molecule has 1 amide bonds. The summed E-state index contributed by atoms with van der Waals surface area (Å²) in [6.07, 6.45) is 3.85. The average Bonchev–Trinajstić information content (AvgIpc) is 3.18. The van der Waals surface area contributed by atoms with Crippen molar-refractivity contribution in [2.24, 2.45) is 0 Å². The second-order valence-corrected chi connectivity index (χ2v) is 8.78. The summed E-state index contributed by atoms with van der Waals surface area (Å²) in [7, 11) is 1.66. The number of carbonyl (C=O) groups is 1. The lowest BCUT2D eigenvalue weighted by Crippen LogP contribution is -2.32. The molecule has 0 saturated heterocycles. The van der Waals surface area contributed by atoms with Crippen LogP contribution in [0.15, 0.2) is 9.95 Å². The van der Waals surface area contributed by atoms with Gasteiger partial charge in [0, 0.05) is 31.7 Å². The highest BCUT2D eigenvalue weighted by molar-refractivity contribution is 8.00. The number of hydrogen-bond acceptors (Lipinski definition) is 6. The summed E-state index contributed by atoms with van der Waals surface area (Å²) >= 11 is 2.99. The summed E-state index contributed by atoms with van der Waals surface area (Å²) in [4.78, 5) is 32.2. The van der Waals surface area contributed by atoms with Gasteiger partial charge in [-0.05, 0) is 45.1 Å². The molecule has 2 aromatic rings. The van der Waals surface area contributed by atoms with E-state index in [1.54, 1.807) is 23.0 Å². The predicted molar refractivity (Wildman–Crippen MR) is 106 cm³/mol. The van der Waals surface area contributed by atoms with Gasteiger partial charge in [0.15, 0.2) is 5.16 Å². The number of ether oxygens (including phenoxy) is 1. The molecule has 0 aromatic carbocycles. The van der Waals surface area contributed by atoms with Gasteiger partial charge < -0.3 is 10.1 Å². The smallest absolute Gasteiger partial charge is 0.263 e. The predicted octanol–water partition coefficient (Wildman–Crippen LogP) is 2.60. The SMILES string of the molecule is CCNC(=O)[C@@H](C)Sc1nc2sc3c(c2c(=O)n1CCCOC)CCC3. The van der Waals surface area contributed by atoms with Crippen LogP contribution >= 0.6 is 23.1 Å². The summed E-state index contributed by atoms with van der Waals surface area (Å²) in [5.41, 5.74) is 1.22. The Bertz CT molecular complexity index is 859. The molecule has 1 atom stereocenters. The fraction of sp³-hybridized carbons (Fsp3) is 0.611. The summed E-state index contributed by atoms with van der Waals surface area (Å²) in [6.45, 7) is 5.47. The van der Waals surface area contributed by atoms with Crippen LogP contribution in [0.4, 0.5) is 0 Å². The van der Waals surface area contributed by atoms with Gasteiger partial charge in [-0.1, -0.05) is 11.8 Å². The normalized spacial score (nSPS) is 14.6. The number of thioether (sulfide) groups is 1. The second kappa shape index (κ2) is 8.54. The highest BCUT2D eigenvalue weighted by Crippen LogP contribution is 2.36. The Morgan fingerprint density at radius 1 is 1.46 bits per heavy atom. The minimum absolute atomic E-state index is 0.0242. The summed E-state index contributed by atoms with van der Waals surface area (Å²) < 4.78 is 6.87. The van der Waals surface area contributed by atoms with Crippen LogP contribution < -0.4 is 10.9 Å². The molecular weight excluding hydrogens is 370 g/mol. The maximum atomic E-state index is 13.2. The second-order valence-electron chi connectivity index (χ2n) is 6.39. The third kappa shape index (κ3) is 3.82. The van der Waals surface area contributed by atoms with E-state index >= 15 is 0 Å². The minimum Gasteiger partial charge on any atom is -0.385 e. The van der Waals surface area contributed by atoms with Crippen LogP contribution in [0.25, 0.3) is 10.2 Å². The van der Waals surface area contributed by atoms with E-state index < -0.39 is 0 Å². The van der Waals surface area contributed by atoms with Crippen LogP contribution in [0.2, 0.25) is 0 Å². The number of aryl methyl sites for hydroxylation is 2. The molecule has 8 heteroatoms. The van der Waals surface area contributed by atoms with Gasteiger partial charge in [-0.2, -0.15) is 0 Å². The number of methoxy groups -OCH3 is 1. The van der Waals surface area contributed by atoms with E-state index in [4.69, 9.17) is 9.72 Å². The molecule has 0 radical (unpaired) electrons. The van der Waals surface area contributed by atoms with Gasteiger partial charge >= 0.3 is 0 Å². The molecule has 0 unspecified atom stereocenters. The number of rotatable bonds is 8. The lowest BCUT2D eigenvalue weighted by Gasteiger charge is -2.15. The Kier molecular flexibility index (Phi) is 6.37. The summed E-state index contributed by atoms with van der Waals surface area (Å²) in [5.74, 6) is -0.0380. The Morgan fingerprint density at radius 3 is 3.00 bits per heavy atom. The first-order valence-corrected chi connectivity index (χ1v) is 10.7. The molecule has 26 heavy (non-hydrogen) atoms. The number of nitrogens with zero attached hydrogens (tertiary/aromatic N) is 2. The van der Waals surface area contributed by atoms with Gasteiger partial charge in [-0.3, -0.25) is 14.2 Å². The van der Waals surface area contributed by atoms with Crippen molar-refractivity contribution in [2.75, 3.05) is 20.3 Å². The molecule has 6 nitrogen and oxygen atoms in total. The van der Waals surface area contributed by atoms with Gasteiger partial charge in [-0.15, -0.1) is 11.3 Å². The molecule has 2 heterocycles. The monoisotopic (exact) mass is 395 g/mol. The molecule has 0 bridgehead atoms. The average molecular weight is 396 g/mol. The van der Waals surface area contributed by atoms with Gasteiger partial charge in [0.2, 0.25) is 5.91 Å². The first-order chi connectivity index (χ1) is 12.6. The Labute approximate surface area is 161 Å². The third-order valence-corrected chi connectivity index (χ3v) is 6.80. The van der Waals surface area contributed by atoms with E-state index in [-0.39, 0.29) is 16.7 Å². The van der Waals surface area contributed by atoms with E-state index in [1.165, 1.54) is 22.2 Å². The van der Waals surface area contributed by atoms with Crippen molar-refractivity contribution in [1.29, 1.82) is 0 Å². The molecule has 1 aliphatic rings. The minimum atomic E-state index is -0.306. The number of carbonyl (C=O) groups excluding carboxylic acids is 1. The van der Waals surface area contributed by atoms with Gasteiger partial charge in [0.1, 0.15) is 4.83 Å². The van der Waals surface area contributed by atoms with Crippen LogP contribution in [0.3, 0.4) is 0 Å². The number of nitrogens with one attached hydrogen (secondary N) is 1. The van der Waals surface area contributed by atoms with E-state index in [2.05, 4.69) is 5.32 Å². The largest absolute Gasteiger partial charge is 0.385 e. The Morgan fingerprint density at radius 2 is 2.27 bits per heavy atom. The zero-order valence-electron chi connectivity index (χ0n) is 15.5. The molecule has 0 saturated carbocycles. The quantitative estimate of drug-likeness (QED) is 0.423. The maximum absolute atomic E-state index is 13.2. The topological polar surface area (TPSA) is 73.2 Å². The first-order valence-electron chi connectivity index (χ1n) is 9.05. The van der Waals surface area contributed by atoms with E-state index in [1.807, 2.05) is 13.8 Å².